The number of nitrogens with one attached hydrogen (secondary N) is 2. The van der Waals surface area contributed by atoms with Crippen LogP contribution in [0, 0.1) is 5.92 Å². The van der Waals surface area contributed by atoms with Crippen molar-refractivity contribution in [3.05, 3.63) is 39.7 Å². The summed E-state index contributed by atoms with van der Waals surface area (Å²) >= 11 is 11.7. The van der Waals surface area contributed by atoms with Crippen LogP contribution in [0.3, 0.4) is 0 Å². The van der Waals surface area contributed by atoms with Crippen LogP contribution in [0.1, 0.15) is 19.0 Å². The van der Waals surface area contributed by atoms with Crippen molar-refractivity contribution in [2.45, 2.75) is 31.2 Å². The van der Waals surface area contributed by atoms with Crippen LogP contribution in [0.25, 0.3) is 0 Å². The first kappa shape index (κ1) is 22.3. The number of amides is 1. The van der Waals surface area contributed by atoms with E-state index < -0.39 is 40.3 Å². The van der Waals surface area contributed by atoms with E-state index in [1.807, 2.05) is 6.08 Å². The van der Waals surface area contributed by atoms with E-state index in [0.717, 1.165) is 20.9 Å². The van der Waals surface area contributed by atoms with E-state index in [2.05, 4.69) is 17.4 Å². The molecule has 0 aromatic carbocycles. The van der Waals surface area contributed by atoms with Crippen LogP contribution in [0.5, 0.6) is 0 Å². The Labute approximate surface area is 195 Å². The molecule has 0 radical (unpaired) electrons. The molecule has 1 aromatic heterocycles. The number of ether oxygens (including phenoxy) is 2. The number of hydrogen-bond acceptors (Lipinski definition) is 7. The quantitative estimate of drug-likeness (QED) is 0.415. The number of allylic oxidation sites excluding steroid dienone is 1. The van der Waals surface area contributed by atoms with Gasteiger partial charge in [0.1, 0.15) is 0 Å². The Bertz CT molecular complexity index is 907. The molecule has 3 unspecified atom stereocenters. The fourth-order valence-electron chi connectivity index (χ4n) is 3.33. The van der Waals surface area contributed by atoms with Gasteiger partial charge in [-0.15, -0.1) is 0 Å². The summed E-state index contributed by atoms with van der Waals surface area (Å²) in [5, 5.41) is 3.24. The Kier molecular flexibility index (Phi) is 7.53. The molecule has 1 saturated carbocycles. The van der Waals surface area contributed by atoms with Gasteiger partial charge in [-0.05, 0) is 12.8 Å². The topological polar surface area (TPSA) is 97.7 Å². The second-order valence-electron chi connectivity index (χ2n) is 7.52. The Morgan fingerprint density at radius 3 is 3.00 bits per heavy atom. The Balaban J connectivity index is 1.53. The molecule has 2 N–H and O–H groups in total. The predicted molar refractivity (Wildman–Crippen MR) is 113 cm³/mol. The third-order valence-electron chi connectivity index (χ3n) is 5.18. The van der Waals surface area contributed by atoms with Crippen molar-refractivity contribution in [1.29, 1.82) is 0 Å². The SMILES string of the molecule is O=C(C(NC1COCC1OCC1CC1)n1c(Cl)cncc1=O)N(Cl)CC1=C[CH]=[In][NH]1. The van der Waals surface area contributed by atoms with Gasteiger partial charge in [0.25, 0.3) is 0 Å². The van der Waals surface area contributed by atoms with Gasteiger partial charge in [-0.2, -0.15) is 0 Å². The fraction of sp³-hybridized carbons (Fsp3) is 0.556. The maximum atomic E-state index is 13.3. The van der Waals surface area contributed by atoms with Crippen LogP contribution in [0.2, 0.25) is 5.15 Å². The average molecular weight is 558 g/mol. The van der Waals surface area contributed by atoms with Crippen molar-refractivity contribution in [3.63, 3.8) is 0 Å². The number of hydrogen-bond donors (Lipinski definition) is 2. The Morgan fingerprint density at radius 2 is 2.30 bits per heavy atom. The van der Waals surface area contributed by atoms with Crippen molar-refractivity contribution >= 4 is 55.8 Å². The number of nitrogens with zero attached hydrogens (tertiary/aromatic N) is 3. The first-order valence-corrected chi connectivity index (χ1v) is 14.1. The van der Waals surface area contributed by atoms with E-state index in [-0.39, 0.29) is 23.8 Å². The third-order valence-corrected chi connectivity index (χ3v) is 8.38. The van der Waals surface area contributed by atoms with Crippen LogP contribution in [0.15, 0.2) is 29.0 Å². The fourth-order valence-corrected chi connectivity index (χ4v) is 6.14. The normalized spacial score (nSPS) is 23.6. The molecule has 3 atom stereocenters. The molecule has 2 aliphatic heterocycles. The van der Waals surface area contributed by atoms with Gasteiger partial charge in [-0.1, -0.05) is 0 Å². The summed E-state index contributed by atoms with van der Waals surface area (Å²) in [6, 6.07) is -0.286. The molecule has 0 spiro atoms. The minimum absolute atomic E-state index is 0.0365. The van der Waals surface area contributed by atoms with Crippen molar-refractivity contribution in [2.75, 3.05) is 26.4 Å². The van der Waals surface area contributed by atoms with Crippen LogP contribution in [-0.2, 0) is 14.3 Å². The van der Waals surface area contributed by atoms with Crippen LogP contribution >= 0.6 is 23.4 Å². The summed E-state index contributed by atoms with van der Waals surface area (Å²) in [6.45, 7) is 1.66. The van der Waals surface area contributed by atoms with E-state index in [1.54, 1.807) is 0 Å². The molecule has 1 saturated heterocycles. The minimum atomic E-state index is -1.11. The molecule has 3 heterocycles. The van der Waals surface area contributed by atoms with Gasteiger partial charge in [-0.25, -0.2) is 0 Å². The van der Waals surface area contributed by atoms with Crippen molar-refractivity contribution in [1.82, 2.24) is 22.6 Å². The summed E-state index contributed by atoms with van der Waals surface area (Å²) in [5.41, 5.74) is 0.385. The van der Waals surface area contributed by atoms with E-state index >= 15 is 0 Å². The summed E-state index contributed by atoms with van der Waals surface area (Å²) in [7, 11) is 0. The predicted octanol–water partition coefficient (Wildman–Crippen LogP) is 0.0698. The molecule has 160 valence electrons. The van der Waals surface area contributed by atoms with E-state index in [1.165, 1.54) is 19.0 Å². The van der Waals surface area contributed by atoms with Gasteiger partial charge in [0.05, 0.1) is 0 Å². The number of aromatic nitrogens is 2. The van der Waals surface area contributed by atoms with Gasteiger partial charge in [0.15, 0.2) is 0 Å². The zero-order valence-corrected chi connectivity index (χ0v) is 21.0. The molecule has 1 aliphatic carbocycles. The van der Waals surface area contributed by atoms with E-state index in [0.29, 0.717) is 25.7 Å². The zero-order valence-electron chi connectivity index (χ0n) is 16.2. The molecule has 1 aromatic rings. The van der Waals surface area contributed by atoms with Gasteiger partial charge < -0.3 is 0 Å². The second-order valence-corrected chi connectivity index (χ2v) is 11.2. The summed E-state index contributed by atoms with van der Waals surface area (Å²) in [4.78, 5) is 29.6. The average Bonchev–Trinajstić information content (AvgIpc) is 3.21. The molecular formula is C18H22Cl2InN5O4. The Hall–Kier alpha value is -0.910. The first-order valence-electron chi connectivity index (χ1n) is 9.80. The van der Waals surface area contributed by atoms with Crippen molar-refractivity contribution < 1.29 is 14.3 Å². The monoisotopic (exact) mass is 557 g/mol. The molecule has 9 nitrogen and oxygen atoms in total. The van der Waals surface area contributed by atoms with Gasteiger partial charge >= 0.3 is 183 Å². The van der Waals surface area contributed by atoms with Gasteiger partial charge in [-0.3, -0.25) is 0 Å². The standard InChI is InChI=1S/C18H22Cl2N5O4.In/c1-2-12(21)7-24(20)18(27)17(25-15(19)5-22-6-16(25)26)23-13-9-28-10-14(13)29-8-11-3-4-11;/h1-2,5-6,11,13-14,17,21,23H,3-4,7-10H2;/q-1;+1. The molecule has 0 bridgehead atoms. The molecule has 2 fully saturated rings. The van der Waals surface area contributed by atoms with Gasteiger partial charge in [0.2, 0.25) is 0 Å². The molecular weight excluding hydrogens is 536 g/mol. The third kappa shape index (κ3) is 5.46. The molecule has 3 aliphatic rings. The van der Waals surface area contributed by atoms with Crippen molar-refractivity contribution in [3.8, 4) is 0 Å². The summed E-state index contributed by atoms with van der Waals surface area (Å²) < 4.78 is 19.2. The van der Waals surface area contributed by atoms with Crippen LogP contribution in [-0.4, -0.2) is 84.9 Å². The van der Waals surface area contributed by atoms with E-state index in [4.69, 9.17) is 32.9 Å². The second kappa shape index (κ2) is 10.1. The van der Waals surface area contributed by atoms with Gasteiger partial charge in [0, 0.05) is 0 Å². The molecule has 4 rings (SSSR count). The Morgan fingerprint density at radius 1 is 1.47 bits per heavy atom. The number of carbonyl (C=O) groups is 1. The number of carbonyl (C=O) groups excluding carboxylic acids is 1. The van der Waals surface area contributed by atoms with Crippen molar-refractivity contribution in [2.24, 2.45) is 5.92 Å². The van der Waals surface area contributed by atoms with E-state index in [9.17, 15) is 9.59 Å². The molecule has 30 heavy (non-hydrogen) atoms. The molecule has 12 heteroatoms. The number of rotatable bonds is 9. The molecule has 1 amide bonds. The number of halogens is 2. The first-order chi connectivity index (χ1) is 14.5. The van der Waals surface area contributed by atoms with Crippen LogP contribution < -0.4 is 14.2 Å². The summed E-state index contributed by atoms with van der Waals surface area (Å²) in [5.74, 6) is 0.107. The summed E-state index contributed by atoms with van der Waals surface area (Å²) in [6.07, 6.45) is 5.41. The zero-order chi connectivity index (χ0) is 21.1. The maximum absolute atomic E-state index is 13.3. The van der Waals surface area contributed by atoms with Crippen LogP contribution in [0.4, 0.5) is 0 Å².